The molecule has 0 unspecified atom stereocenters. The van der Waals surface area contributed by atoms with Crippen LogP contribution in [0.25, 0.3) is 0 Å². The molecular weight excluding hydrogens is 428 g/mol. The Morgan fingerprint density at radius 3 is 2.44 bits per heavy atom. The normalized spacial score (nSPS) is 34.0. The van der Waals surface area contributed by atoms with Gasteiger partial charge in [0.25, 0.3) is 0 Å². The van der Waals surface area contributed by atoms with Crippen molar-refractivity contribution in [2.24, 2.45) is 22.2 Å². The van der Waals surface area contributed by atoms with E-state index in [1.54, 1.807) is 14.2 Å². The third-order valence-corrected chi connectivity index (χ3v) is 9.78. The van der Waals surface area contributed by atoms with Gasteiger partial charge in [0.1, 0.15) is 11.5 Å². The lowest BCUT2D eigenvalue weighted by molar-refractivity contribution is -0.0402. The standard InChI is InChI=1S/C29H46O5/c1-18(9-10-20-15-22(33-7)14-19(2)26(20)34-8)13-21(30)16-28(5)17-23-25(32)24(31)11-12-29(28,6)27(23,3)4/h9,14-15,21,23-25,30-32H,10-13,16-17H2,1-8H3/b18-9+/t21-,23+,24-,25+,28-,29-/m1/s1. The van der Waals surface area contributed by atoms with Crippen LogP contribution in [-0.4, -0.2) is 47.9 Å². The number of hydrogen-bond acceptors (Lipinski definition) is 5. The molecule has 192 valence electrons. The fraction of sp³-hybridized carbons (Fsp3) is 0.724. The molecule has 5 nitrogen and oxygen atoms in total. The van der Waals surface area contributed by atoms with E-state index in [9.17, 15) is 15.3 Å². The molecule has 0 saturated heterocycles. The molecule has 2 aliphatic carbocycles. The highest BCUT2D eigenvalue weighted by Gasteiger charge is 2.66. The van der Waals surface area contributed by atoms with E-state index in [1.165, 1.54) is 0 Å². The van der Waals surface area contributed by atoms with Crippen molar-refractivity contribution in [3.63, 3.8) is 0 Å². The van der Waals surface area contributed by atoms with Crippen LogP contribution in [0, 0.1) is 29.1 Å². The molecule has 2 bridgehead atoms. The van der Waals surface area contributed by atoms with Crippen molar-refractivity contribution in [1.82, 2.24) is 0 Å². The van der Waals surface area contributed by atoms with Gasteiger partial charge in [0.05, 0.1) is 32.5 Å². The van der Waals surface area contributed by atoms with E-state index in [1.807, 2.05) is 19.1 Å². The summed E-state index contributed by atoms with van der Waals surface area (Å²) in [7, 11) is 3.36. The number of aryl methyl sites for hydroxylation is 1. The molecule has 0 aliphatic heterocycles. The lowest BCUT2D eigenvalue weighted by Gasteiger charge is -2.50. The second-order valence-corrected chi connectivity index (χ2v) is 12.0. The molecule has 6 atom stereocenters. The molecule has 0 spiro atoms. The number of aliphatic hydroxyl groups is 3. The second-order valence-electron chi connectivity index (χ2n) is 12.0. The van der Waals surface area contributed by atoms with Crippen LogP contribution in [0.2, 0.25) is 0 Å². The zero-order valence-electron chi connectivity index (χ0n) is 22.4. The van der Waals surface area contributed by atoms with E-state index in [2.05, 4.69) is 40.7 Å². The molecule has 2 fully saturated rings. The topological polar surface area (TPSA) is 79.2 Å². The molecule has 34 heavy (non-hydrogen) atoms. The summed E-state index contributed by atoms with van der Waals surface area (Å²) in [5, 5.41) is 32.4. The van der Waals surface area contributed by atoms with E-state index in [4.69, 9.17) is 9.47 Å². The lowest BCUT2D eigenvalue weighted by Crippen LogP contribution is -2.43. The summed E-state index contributed by atoms with van der Waals surface area (Å²) in [4.78, 5) is 0. The third kappa shape index (κ3) is 4.64. The van der Waals surface area contributed by atoms with Crippen molar-refractivity contribution in [2.75, 3.05) is 14.2 Å². The molecule has 0 aromatic heterocycles. The van der Waals surface area contributed by atoms with Gasteiger partial charge >= 0.3 is 0 Å². The lowest BCUT2D eigenvalue weighted by atomic mass is 9.55. The van der Waals surface area contributed by atoms with Gasteiger partial charge in [-0.1, -0.05) is 39.3 Å². The number of benzene rings is 1. The molecular formula is C29H46O5. The predicted molar refractivity (Wildman–Crippen MR) is 136 cm³/mol. The third-order valence-electron chi connectivity index (χ3n) is 9.78. The van der Waals surface area contributed by atoms with Crippen molar-refractivity contribution >= 4 is 0 Å². The highest BCUT2D eigenvalue weighted by molar-refractivity contribution is 5.47. The summed E-state index contributed by atoms with van der Waals surface area (Å²) >= 11 is 0. The van der Waals surface area contributed by atoms with Gasteiger partial charge in [-0.15, -0.1) is 0 Å². The number of aliphatic hydroxyl groups excluding tert-OH is 3. The Balaban J connectivity index is 1.73. The molecule has 0 radical (unpaired) electrons. The van der Waals surface area contributed by atoms with Gasteiger partial charge in [-0.2, -0.15) is 0 Å². The zero-order valence-corrected chi connectivity index (χ0v) is 22.4. The monoisotopic (exact) mass is 474 g/mol. The maximum atomic E-state index is 11.2. The Hall–Kier alpha value is -1.56. The molecule has 2 aliphatic rings. The van der Waals surface area contributed by atoms with Gasteiger partial charge in [-0.25, -0.2) is 0 Å². The van der Waals surface area contributed by atoms with Crippen molar-refractivity contribution in [3.05, 3.63) is 34.9 Å². The first-order valence-electron chi connectivity index (χ1n) is 12.7. The minimum absolute atomic E-state index is 0.0348. The fourth-order valence-electron chi connectivity index (χ4n) is 7.21. The first-order chi connectivity index (χ1) is 15.8. The van der Waals surface area contributed by atoms with Gasteiger partial charge < -0.3 is 24.8 Å². The highest BCUT2D eigenvalue weighted by atomic mass is 16.5. The summed E-state index contributed by atoms with van der Waals surface area (Å²) in [6.45, 7) is 13.2. The Labute approximate surface area is 206 Å². The molecule has 2 saturated carbocycles. The molecule has 5 heteroatoms. The van der Waals surface area contributed by atoms with Gasteiger partial charge in [0, 0.05) is 5.56 Å². The minimum Gasteiger partial charge on any atom is -0.497 e. The van der Waals surface area contributed by atoms with Crippen LogP contribution in [-0.2, 0) is 6.42 Å². The quantitative estimate of drug-likeness (QED) is 0.451. The van der Waals surface area contributed by atoms with Crippen LogP contribution in [0.1, 0.15) is 77.8 Å². The van der Waals surface area contributed by atoms with Gasteiger partial charge in [-0.3, -0.25) is 0 Å². The van der Waals surface area contributed by atoms with E-state index in [0.717, 1.165) is 41.0 Å². The summed E-state index contributed by atoms with van der Waals surface area (Å²) in [6.07, 6.45) is 4.71. The van der Waals surface area contributed by atoms with Crippen LogP contribution in [0.4, 0.5) is 0 Å². The summed E-state index contributed by atoms with van der Waals surface area (Å²) < 4.78 is 11.0. The predicted octanol–water partition coefficient (Wildman–Crippen LogP) is 5.22. The number of rotatable bonds is 8. The van der Waals surface area contributed by atoms with Crippen LogP contribution in [0.5, 0.6) is 11.5 Å². The van der Waals surface area contributed by atoms with Crippen molar-refractivity contribution in [3.8, 4) is 11.5 Å². The average molecular weight is 475 g/mol. The average Bonchev–Trinajstić information content (AvgIpc) is 2.88. The van der Waals surface area contributed by atoms with E-state index < -0.39 is 18.3 Å². The molecule has 3 N–H and O–H groups in total. The van der Waals surface area contributed by atoms with E-state index >= 15 is 0 Å². The van der Waals surface area contributed by atoms with E-state index in [0.29, 0.717) is 25.7 Å². The van der Waals surface area contributed by atoms with Gasteiger partial charge in [-0.05, 0) is 92.2 Å². The smallest absolute Gasteiger partial charge is 0.125 e. The Kier molecular flexibility index (Phi) is 7.82. The molecule has 3 rings (SSSR count). The van der Waals surface area contributed by atoms with Crippen LogP contribution >= 0.6 is 0 Å². The maximum Gasteiger partial charge on any atom is 0.125 e. The van der Waals surface area contributed by atoms with Crippen molar-refractivity contribution in [2.45, 2.75) is 98.4 Å². The van der Waals surface area contributed by atoms with Crippen LogP contribution in [0.15, 0.2) is 23.8 Å². The van der Waals surface area contributed by atoms with Crippen molar-refractivity contribution in [1.29, 1.82) is 0 Å². The number of allylic oxidation sites excluding steroid dienone is 1. The number of fused-ring (bicyclic) bond motifs is 2. The Morgan fingerprint density at radius 1 is 1.15 bits per heavy atom. The summed E-state index contributed by atoms with van der Waals surface area (Å²) in [5.41, 5.74) is 2.99. The molecule has 0 amide bonds. The minimum atomic E-state index is -0.696. The van der Waals surface area contributed by atoms with Gasteiger partial charge in [0.2, 0.25) is 0 Å². The fourth-order valence-corrected chi connectivity index (χ4v) is 7.21. The number of methoxy groups -OCH3 is 2. The summed E-state index contributed by atoms with van der Waals surface area (Å²) in [5.74, 6) is 1.73. The molecule has 1 aromatic carbocycles. The second kappa shape index (κ2) is 9.83. The van der Waals surface area contributed by atoms with Gasteiger partial charge in [0.15, 0.2) is 0 Å². The summed E-state index contributed by atoms with van der Waals surface area (Å²) in [6, 6.07) is 3.99. The highest BCUT2D eigenvalue weighted by Crippen LogP contribution is 2.70. The first kappa shape index (κ1) is 27.0. The molecule has 1 aromatic rings. The zero-order chi connectivity index (χ0) is 25.5. The Morgan fingerprint density at radius 2 is 1.82 bits per heavy atom. The Bertz CT molecular complexity index is 906. The van der Waals surface area contributed by atoms with E-state index in [-0.39, 0.29) is 22.2 Å². The van der Waals surface area contributed by atoms with Crippen LogP contribution in [0.3, 0.4) is 0 Å². The number of ether oxygens (including phenoxy) is 2. The maximum absolute atomic E-state index is 11.2. The van der Waals surface area contributed by atoms with Crippen molar-refractivity contribution < 1.29 is 24.8 Å². The first-order valence-corrected chi connectivity index (χ1v) is 12.7. The van der Waals surface area contributed by atoms with Crippen LogP contribution < -0.4 is 9.47 Å². The SMILES string of the molecule is COc1cc(C)c(OC)c(C/C=C(\C)C[C@@H](O)C[C@]2(C)C[C@H]3[C@H](O)[C@H](O)CC[C@]2(C)C3(C)C)c1. The molecule has 0 heterocycles. The largest absolute Gasteiger partial charge is 0.497 e. The number of hydrogen-bond donors (Lipinski definition) is 3.